The molecule has 1 aliphatic carbocycles. The number of hydrogen-bond acceptors (Lipinski definition) is 2. The third-order valence-electron chi connectivity index (χ3n) is 4.57. The van der Waals surface area contributed by atoms with E-state index in [1.165, 1.54) is 37.7 Å². The molecule has 116 valence electrons. The van der Waals surface area contributed by atoms with Crippen molar-refractivity contribution in [3.8, 4) is 5.75 Å². The number of guanidine groups is 1. The second-order valence-electron chi connectivity index (χ2n) is 5.75. The molecule has 0 aromatic heterocycles. The van der Waals surface area contributed by atoms with Crippen LogP contribution in [-0.4, -0.2) is 33.7 Å². The van der Waals surface area contributed by atoms with E-state index in [0.717, 1.165) is 18.3 Å². The molecule has 2 N–H and O–H groups in total. The zero-order chi connectivity index (χ0) is 15.1. The molecule has 1 aromatic carbocycles. The van der Waals surface area contributed by atoms with Crippen LogP contribution in [0.15, 0.2) is 29.3 Å². The zero-order valence-corrected chi connectivity index (χ0v) is 13.4. The van der Waals surface area contributed by atoms with Crippen LogP contribution in [0.2, 0.25) is 0 Å². The van der Waals surface area contributed by atoms with Crippen molar-refractivity contribution in [2.45, 2.75) is 37.5 Å². The van der Waals surface area contributed by atoms with Crippen LogP contribution in [0.1, 0.15) is 37.7 Å². The van der Waals surface area contributed by atoms with E-state index in [9.17, 15) is 0 Å². The van der Waals surface area contributed by atoms with E-state index in [0.29, 0.717) is 0 Å². The monoisotopic (exact) mass is 289 g/mol. The van der Waals surface area contributed by atoms with Crippen molar-refractivity contribution in [2.24, 2.45) is 4.99 Å². The fraction of sp³-hybridized carbons (Fsp3) is 0.588. The number of nitrogens with zero attached hydrogens (tertiary/aromatic N) is 1. The predicted octanol–water partition coefficient (Wildman–Crippen LogP) is 2.69. The summed E-state index contributed by atoms with van der Waals surface area (Å²) in [6, 6.07) is 8.57. The smallest absolute Gasteiger partial charge is 0.190 e. The number of aliphatic imine (C=N–C) groups is 1. The van der Waals surface area contributed by atoms with Gasteiger partial charge in [0.2, 0.25) is 0 Å². The van der Waals surface area contributed by atoms with E-state index in [1.54, 1.807) is 14.2 Å². The van der Waals surface area contributed by atoms with Crippen LogP contribution >= 0.6 is 0 Å². The van der Waals surface area contributed by atoms with Crippen molar-refractivity contribution in [2.75, 3.05) is 27.7 Å². The highest BCUT2D eigenvalue weighted by atomic mass is 16.5. The summed E-state index contributed by atoms with van der Waals surface area (Å²) in [7, 11) is 5.42. The Labute approximate surface area is 128 Å². The molecule has 1 aromatic rings. The van der Waals surface area contributed by atoms with Gasteiger partial charge in [-0.3, -0.25) is 4.99 Å². The molecule has 0 aliphatic heterocycles. The average Bonchev–Trinajstić information content (AvgIpc) is 2.57. The van der Waals surface area contributed by atoms with Crippen LogP contribution in [0.3, 0.4) is 0 Å². The minimum Gasteiger partial charge on any atom is -0.497 e. The van der Waals surface area contributed by atoms with Crippen molar-refractivity contribution in [3.63, 3.8) is 0 Å². The van der Waals surface area contributed by atoms with E-state index < -0.39 is 0 Å². The van der Waals surface area contributed by atoms with E-state index in [-0.39, 0.29) is 5.41 Å². The van der Waals surface area contributed by atoms with Gasteiger partial charge in [-0.25, -0.2) is 0 Å². The first-order chi connectivity index (χ1) is 10.2. The van der Waals surface area contributed by atoms with Gasteiger partial charge in [0, 0.05) is 26.1 Å². The Hall–Kier alpha value is -1.71. The highest BCUT2D eigenvalue weighted by molar-refractivity contribution is 5.79. The van der Waals surface area contributed by atoms with E-state index in [2.05, 4.69) is 39.9 Å². The first-order valence-corrected chi connectivity index (χ1v) is 7.77. The molecule has 0 atom stereocenters. The van der Waals surface area contributed by atoms with Gasteiger partial charge in [-0.2, -0.15) is 0 Å². The Morgan fingerprint density at radius 1 is 1.19 bits per heavy atom. The largest absolute Gasteiger partial charge is 0.497 e. The first kappa shape index (κ1) is 15.7. The molecule has 1 aliphatic rings. The molecule has 0 heterocycles. The van der Waals surface area contributed by atoms with Crippen LogP contribution in [0, 0.1) is 0 Å². The molecule has 21 heavy (non-hydrogen) atoms. The standard InChI is InChI=1S/C17H27N3O/c1-18-16(19-2)20-13-17(11-5-4-6-12-17)14-7-9-15(21-3)10-8-14/h7-10H,4-6,11-13H2,1-3H3,(H2,18,19,20). The van der Waals surface area contributed by atoms with Gasteiger partial charge in [-0.15, -0.1) is 0 Å². The maximum Gasteiger partial charge on any atom is 0.190 e. The van der Waals surface area contributed by atoms with Crippen molar-refractivity contribution in [1.29, 1.82) is 0 Å². The van der Waals surface area contributed by atoms with Crippen molar-refractivity contribution in [3.05, 3.63) is 29.8 Å². The van der Waals surface area contributed by atoms with Crippen molar-refractivity contribution in [1.82, 2.24) is 10.6 Å². The summed E-state index contributed by atoms with van der Waals surface area (Å²) in [5, 5.41) is 6.56. The van der Waals surface area contributed by atoms with Crippen molar-refractivity contribution >= 4 is 5.96 Å². The zero-order valence-electron chi connectivity index (χ0n) is 13.4. The fourth-order valence-corrected chi connectivity index (χ4v) is 3.27. The molecule has 0 bridgehead atoms. The Morgan fingerprint density at radius 2 is 1.86 bits per heavy atom. The Morgan fingerprint density at radius 3 is 2.38 bits per heavy atom. The van der Waals surface area contributed by atoms with Crippen LogP contribution in [-0.2, 0) is 5.41 Å². The molecular formula is C17H27N3O. The molecule has 2 rings (SSSR count). The molecule has 0 unspecified atom stereocenters. The van der Waals surface area contributed by atoms with Gasteiger partial charge in [0.15, 0.2) is 5.96 Å². The van der Waals surface area contributed by atoms with Crippen LogP contribution in [0.5, 0.6) is 5.75 Å². The lowest BCUT2D eigenvalue weighted by Gasteiger charge is -2.38. The quantitative estimate of drug-likeness (QED) is 0.662. The van der Waals surface area contributed by atoms with Crippen molar-refractivity contribution < 1.29 is 4.74 Å². The topological polar surface area (TPSA) is 45.7 Å². The molecule has 4 heteroatoms. The average molecular weight is 289 g/mol. The van der Waals surface area contributed by atoms with Gasteiger partial charge in [0.25, 0.3) is 0 Å². The number of rotatable bonds is 4. The third kappa shape index (κ3) is 3.69. The molecule has 4 nitrogen and oxygen atoms in total. The summed E-state index contributed by atoms with van der Waals surface area (Å²) in [4.78, 5) is 4.22. The van der Waals surface area contributed by atoms with E-state index in [4.69, 9.17) is 4.74 Å². The van der Waals surface area contributed by atoms with Gasteiger partial charge >= 0.3 is 0 Å². The van der Waals surface area contributed by atoms with E-state index in [1.807, 2.05) is 7.05 Å². The van der Waals surface area contributed by atoms with Crippen LogP contribution in [0.25, 0.3) is 0 Å². The lowest BCUT2D eigenvalue weighted by atomic mass is 9.69. The molecule has 0 amide bonds. The van der Waals surface area contributed by atoms with Gasteiger partial charge in [0.05, 0.1) is 7.11 Å². The molecular weight excluding hydrogens is 262 g/mol. The SMILES string of the molecule is CN=C(NC)NCC1(c2ccc(OC)cc2)CCCCC1. The minimum atomic E-state index is 0.206. The third-order valence-corrected chi connectivity index (χ3v) is 4.57. The van der Waals surface area contributed by atoms with Gasteiger partial charge in [-0.1, -0.05) is 31.4 Å². The number of ether oxygens (including phenoxy) is 1. The molecule has 0 spiro atoms. The number of benzene rings is 1. The highest BCUT2D eigenvalue weighted by Gasteiger charge is 2.33. The minimum absolute atomic E-state index is 0.206. The van der Waals surface area contributed by atoms with Gasteiger partial charge in [0.1, 0.15) is 5.75 Å². The second-order valence-corrected chi connectivity index (χ2v) is 5.75. The van der Waals surface area contributed by atoms with Crippen LogP contribution in [0.4, 0.5) is 0 Å². The summed E-state index contributed by atoms with van der Waals surface area (Å²) in [6.07, 6.45) is 6.40. The highest BCUT2D eigenvalue weighted by Crippen LogP contribution is 2.39. The molecule has 1 fully saturated rings. The lowest BCUT2D eigenvalue weighted by molar-refractivity contribution is 0.291. The summed E-state index contributed by atoms with van der Waals surface area (Å²) < 4.78 is 5.28. The number of nitrogens with one attached hydrogen (secondary N) is 2. The normalized spacial score (nSPS) is 18.1. The molecule has 1 saturated carbocycles. The predicted molar refractivity (Wildman–Crippen MR) is 88.2 cm³/mol. The lowest BCUT2D eigenvalue weighted by Crippen LogP contribution is -2.45. The summed E-state index contributed by atoms with van der Waals surface area (Å²) in [5.74, 6) is 1.78. The summed E-state index contributed by atoms with van der Waals surface area (Å²) in [5.41, 5.74) is 1.61. The Balaban J connectivity index is 2.19. The summed E-state index contributed by atoms with van der Waals surface area (Å²) in [6.45, 7) is 0.923. The van der Waals surface area contributed by atoms with E-state index >= 15 is 0 Å². The van der Waals surface area contributed by atoms with Gasteiger partial charge < -0.3 is 15.4 Å². The van der Waals surface area contributed by atoms with Gasteiger partial charge in [-0.05, 0) is 30.5 Å². The number of hydrogen-bond donors (Lipinski definition) is 2. The number of methoxy groups -OCH3 is 1. The maximum absolute atomic E-state index is 5.28. The molecule has 0 radical (unpaired) electrons. The summed E-state index contributed by atoms with van der Waals surface area (Å²) >= 11 is 0. The first-order valence-electron chi connectivity index (χ1n) is 7.77. The Kier molecular flexibility index (Phi) is 5.48. The Bertz CT molecular complexity index is 461. The fourth-order valence-electron chi connectivity index (χ4n) is 3.27. The van der Waals surface area contributed by atoms with Crippen LogP contribution < -0.4 is 15.4 Å². The maximum atomic E-state index is 5.28. The second kappa shape index (κ2) is 7.34. The molecule has 0 saturated heterocycles.